The van der Waals surface area contributed by atoms with Crippen molar-refractivity contribution in [1.29, 1.82) is 0 Å². The Hall–Kier alpha value is -2.02. The van der Waals surface area contributed by atoms with Crippen molar-refractivity contribution >= 4 is 15.7 Å². The molecular weight excluding hydrogens is 291 g/mol. The van der Waals surface area contributed by atoms with Crippen molar-refractivity contribution < 1.29 is 21.6 Å². The minimum Gasteiger partial charge on any atom is -0.277 e. The van der Waals surface area contributed by atoms with Gasteiger partial charge in [0.15, 0.2) is 0 Å². The number of aryl methyl sites for hydroxylation is 1. The number of anilines is 1. The number of rotatable bonds is 3. The van der Waals surface area contributed by atoms with Crippen LogP contribution in [-0.4, -0.2) is 8.42 Å². The predicted molar refractivity (Wildman–Crippen MR) is 68.3 cm³/mol. The number of hydrogen-bond acceptors (Lipinski definition) is 2. The van der Waals surface area contributed by atoms with Gasteiger partial charge in [0.05, 0.1) is 10.6 Å². The first-order valence-electron chi connectivity index (χ1n) is 5.53. The molecule has 0 spiro atoms. The molecule has 0 saturated carbocycles. The fourth-order valence-corrected chi connectivity index (χ4v) is 2.60. The first kappa shape index (κ1) is 14.4. The maximum atomic E-state index is 13.4. The third-order valence-electron chi connectivity index (χ3n) is 2.63. The Balaban J connectivity index is 2.38. The molecule has 0 aliphatic rings. The molecule has 2 aromatic rings. The average molecular weight is 301 g/mol. The van der Waals surface area contributed by atoms with Gasteiger partial charge in [-0.25, -0.2) is 21.6 Å². The zero-order valence-electron chi connectivity index (χ0n) is 10.3. The molecule has 0 aliphatic carbocycles. The molecule has 0 aliphatic heterocycles. The molecule has 1 N–H and O–H groups in total. The number of nitrogens with one attached hydrogen (secondary N) is 1. The van der Waals surface area contributed by atoms with Gasteiger partial charge in [0.25, 0.3) is 10.0 Å². The highest BCUT2D eigenvalue weighted by atomic mass is 32.2. The van der Waals surface area contributed by atoms with Crippen molar-refractivity contribution in [1.82, 2.24) is 0 Å². The lowest BCUT2D eigenvalue weighted by molar-refractivity contribution is 0.581. The lowest BCUT2D eigenvalue weighted by Crippen LogP contribution is -2.14. The van der Waals surface area contributed by atoms with E-state index in [1.54, 1.807) is 0 Å². The van der Waals surface area contributed by atoms with E-state index in [1.165, 1.54) is 19.1 Å². The van der Waals surface area contributed by atoms with Gasteiger partial charge in [0.1, 0.15) is 17.5 Å². The quantitative estimate of drug-likeness (QED) is 0.946. The first-order chi connectivity index (χ1) is 9.29. The lowest BCUT2D eigenvalue weighted by Gasteiger charge is -2.09. The van der Waals surface area contributed by atoms with Crippen LogP contribution in [0.15, 0.2) is 41.3 Å². The third-order valence-corrected chi connectivity index (χ3v) is 3.99. The van der Waals surface area contributed by atoms with Gasteiger partial charge in [-0.2, -0.15) is 0 Å². The summed E-state index contributed by atoms with van der Waals surface area (Å²) in [4.78, 5) is -0.343. The van der Waals surface area contributed by atoms with Crippen LogP contribution in [0.4, 0.5) is 18.9 Å². The van der Waals surface area contributed by atoms with E-state index in [2.05, 4.69) is 0 Å². The first-order valence-corrected chi connectivity index (χ1v) is 7.02. The van der Waals surface area contributed by atoms with Crippen LogP contribution in [0.5, 0.6) is 0 Å². The molecule has 2 aromatic carbocycles. The van der Waals surface area contributed by atoms with E-state index in [4.69, 9.17) is 0 Å². The van der Waals surface area contributed by atoms with Crippen molar-refractivity contribution in [3.8, 4) is 0 Å². The van der Waals surface area contributed by atoms with Gasteiger partial charge in [-0.1, -0.05) is 6.07 Å². The van der Waals surface area contributed by atoms with Crippen molar-refractivity contribution in [2.24, 2.45) is 0 Å². The standard InChI is InChI=1S/C13H10F3NO2S/c1-8-2-4-10(7-11(8)15)20(18,19)17-13-5-3-9(14)6-12(13)16/h2-7,17H,1H3. The van der Waals surface area contributed by atoms with E-state index in [0.717, 1.165) is 18.2 Å². The molecular formula is C13H10F3NO2S. The van der Waals surface area contributed by atoms with Crippen molar-refractivity contribution in [2.45, 2.75) is 11.8 Å². The van der Waals surface area contributed by atoms with Crippen LogP contribution >= 0.6 is 0 Å². The number of sulfonamides is 1. The van der Waals surface area contributed by atoms with Crippen LogP contribution in [0.3, 0.4) is 0 Å². The fourth-order valence-electron chi connectivity index (χ4n) is 1.52. The summed E-state index contributed by atoms with van der Waals surface area (Å²) in [5, 5.41) is 0. The molecule has 20 heavy (non-hydrogen) atoms. The van der Waals surface area contributed by atoms with Gasteiger partial charge >= 0.3 is 0 Å². The molecule has 7 heteroatoms. The third kappa shape index (κ3) is 2.93. The Bertz CT molecular complexity index is 760. The molecule has 3 nitrogen and oxygen atoms in total. The molecule has 0 saturated heterocycles. The van der Waals surface area contributed by atoms with E-state index in [9.17, 15) is 21.6 Å². The lowest BCUT2D eigenvalue weighted by atomic mass is 10.2. The van der Waals surface area contributed by atoms with Gasteiger partial charge in [-0.05, 0) is 36.8 Å². The zero-order chi connectivity index (χ0) is 14.9. The number of halogens is 3. The molecule has 0 heterocycles. The van der Waals surface area contributed by atoms with Crippen molar-refractivity contribution in [3.63, 3.8) is 0 Å². The second kappa shape index (κ2) is 5.16. The highest BCUT2D eigenvalue weighted by Crippen LogP contribution is 2.21. The van der Waals surface area contributed by atoms with Crippen LogP contribution in [0.1, 0.15) is 5.56 Å². The van der Waals surface area contributed by atoms with E-state index in [1.807, 2.05) is 4.72 Å². The van der Waals surface area contributed by atoms with Crippen molar-refractivity contribution in [2.75, 3.05) is 4.72 Å². The van der Waals surface area contributed by atoms with Crippen molar-refractivity contribution in [3.05, 3.63) is 59.4 Å². The van der Waals surface area contributed by atoms with E-state index < -0.39 is 33.2 Å². The van der Waals surface area contributed by atoms with Gasteiger partial charge in [0, 0.05) is 6.07 Å². The average Bonchev–Trinajstić information content (AvgIpc) is 2.36. The number of hydrogen-bond donors (Lipinski definition) is 1. The highest BCUT2D eigenvalue weighted by Gasteiger charge is 2.17. The van der Waals surface area contributed by atoms with Gasteiger partial charge in [-0.15, -0.1) is 0 Å². The SMILES string of the molecule is Cc1ccc(S(=O)(=O)Nc2ccc(F)cc2F)cc1F. The summed E-state index contributed by atoms with van der Waals surface area (Å²) in [5.41, 5.74) is -0.121. The van der Waals surface area contributed by atoms with E-state index in [0.29, 0.717) is 6.07 Å². The number of benzene rings is 2. The molecule has 0 atom stereocenters. The predicted octanol–water partition coefficient (Wildman–Crippen LogP) is 3.21. The second-order valence-electron chi connectivity index (χ2n) is 4.14. The molecule has 2 rings (SSSR count). The van der Waals surface area contributed by atoms with Gasteiger partial charge in [-0.3, -0.25) is 4.72 Å². The molecule has 0 aromatic heterocycles. The van der Waals surface area contributed by atoms with Crippen LogP contribution in [0.25, 0.3) is 0 Å². The summed E-state index contributed by atoms with van der Waals surface area (Å²) < 4.78 is 65.4. The Kier molecular flexibility index (Phi) is 3.71. The van der Waals surface area contributed by atoms with E-state index in [-0.39, 0.29) is 10.5 Å². The van der Waals surface area contributed by atoms with E-state index >= 15 is 0 Å². The Labute approximate surface area is 114 Å². The van der Waals surface area contributed by atoms with Crippen LogP contribution in [0, 0.1) is 24.4 Å². The summed E-state index contributed by atoms with van der Waals surface area (Å²) in [6, 6.07) is 5.74. The van der Waals surface area contributed by atoms with Gasteiger partial charge < -0.3 is 0 Å². The Morgan fingerprint density at radius 3 is 2.25 bits per heavy atom. The topological polar surface area (TPSA) is 46.2 Å². The normalized spacial score (nSPS) is 11.4. The van der Waals surface area contributed by atoms with Crippen LogP contribution in [0.2, 0.25) is 0 Å². The smallest absolute Gasteiger partial charge is 0.262 e. The summed E-state index contributed by atoms with van der Waals surface area (Å²) in [6.45, 7) is 1.48. The largest absolute Gasteiger partial charge is 0.277 e. The molecule has 0 bridgehead atoms. The summed E-state index contributed by atoms with van der Waals surface area (Å²) in [5.74, 6) is -2.57. The molecule has 0 amide bonds. The van der Waals surface area contributed by atoms with Gasteiger partial charge in [0.2, 0.25) is 0 Å². The Morgan fingerprint density at radius 1 is 0.950 bits per heavy atom. The highest BCUT2D eigenvalue weighted by molar-refractivity contribution is 7.92. The van der Waals surface area contributed by atoms with Crippen LogP contribution < -0.4 is 4.72 Å². The maximum Gasteiger partial charge on any atom is 0.262 e. The summed E-state index contributed by atoms with van der Waals surface area (Å²) >= 11 is 0. The Morgan fingerprint density at radius 2 is 1.65 bits per heavy atom. The summed E-state index contributed by atoms with van der Waals surface area (Å²) in [6.07, 6.45) is 0. The minimum absolute atomic E-state index is 0.289. The monoisotopic (exact) mass is 301 g/mol. The second-order valence-corrected chi connectivity index (χ2v) is 5.82. The molecule has 106 valence electrons. The maximum absolute atomic E-state index is 13.4. The summed E-state index contributed by atoms with van der Waals surface area (Å²) in [7, 11) is -4.14. The fraction of sp³-hybridized carbons (Fsp3) is 0.0769. The molecule has 0 unspecified atom stereocenters. The molecule has 0 radical (unpaired) electrons. The minimum atomic E-state index is -4.14. The molecule has 0 fully saturated rings. The van der Waals surface area contributed by atoms with Crippen LogP contribution in [-0.2, 0) is 10.0 Å². The zero-order valence-corrected chi connectivity index (χ0v) is 11.1.